The van der Waals surface area contributed by atoms with Crippen LogP contribution in [-0.4, -0.2) is 67.1 Å². The lowest BCUT2D eigenvalue weighted by Crippen LogP contribution is -2.48. The van der Waals surface area contributed by atoms with Crippen molar-refractivity contribution in [3.8, 4) is 11.5 Å². The molecule has 0 aliphatic carbocycles. The number of cyclic esters (lactones) is 1. The SMILES string of the molecule is COc1c(C)c2c(c(OC(=O)CCC(=O)N3CCN(c4ccccc4)CC3)c1C/C=C(\C)CCC(=O)O)C(=O)OC2. The van der Waals surface area contributed by atoms with Gasteiger partial charge in [-0.2, -0.15) is 0 Å². The van der Waals surface area contributed by atoms with Crippen LogP contribution >= 0.6 is 0 Å². The van der Waals surface area contributed by atoms with Crippen molar-refractivity contribution >= 4 is 29.5 Å². The predicted molar refractivity (Wildman–Crippen MR) is 151 cm³/mol. The molecule has 2 aliphatic rings. The van der Waals surface area contributed by atoms with E-state index in [1.165, 1.54) is 7.11 Å². The molecule has 4 rings (SSSR count). The number of rotatable bonds is 11. The summed E-state index contributed by atoms with van der Waals surface area (Å²) in [6.45, 7) is 6.22. The van der Waals surface area contributed by atoms with Gasteiger partial charge in [0, 0.05) is 55.8 Å². The number of aliphatic carboxylic acids is 1. The molecule has 1 fully saturated rings. The molecule has 2 aromatic rings. The zero-order valence-electron chi connectivity index (χ0n) is 23.7. The Balaban J connectivity index is 1.45. The first-order valence-corrected chi connectivity index (χ1v) is 13.7. The topological polar surface area (TPSA) is 123 Å². The molecule has 0 aromatic heterocycles. The maximum absolute atomic E-state index is 13.0. The van der Waals surface area contributed by atoms with Gasteiger partial charge < -0.3 is 29.1 Å². The number of ether oxygens (including phenoxy) is 3. The molecule has 10 heteroatoms. The monoisotopic (exact) mass is 564 g/mol. The molecule has 1 amide bonds. The smallest absolute Gasteiger partial charge is 0.342 e. The molecule has 0 saturated carbocycles. The van der Waals surface area contributed by atoms with Crippen molar-refractivity contribution in [1.82, 2.24) is 4.90 Å². The van der Waals surface area contributed by atoms with E-state index in [1.54, 1.807) is 4.90 Å². The number of hydrogen-bond acceptors (Lipinski definition) is 8. The largest absolute Gasteiger partial charge is 0.496 e. The minimum absolute atomic E-state index is 0.00775. The van der Waals surface area contributed by atoms with Crippen molar-refractivity contribution in [3.63, 3.8) is 0 Å². The van der Waals surface area contributed by atoms with E-state index in [0.717, 1.165) is 11.3 Å². The Hall–Kier alpha value is -4.34. The molecular weight excluding hydrogens is 528 g/mol. The zero-order valence-corrected chi connectivity index (χ0v) is 23.7. The molecule has 0 bridgehead atoms. The number of benzene rings is 2. The van der Waals surface area contributed by atoms with Crippen LogP contribution in [0.4, 0.5) is 5.69 Å². The molecule has 218 valence electrons. The van der Waals surface area contributed by atoms with Gasteiger partial charge in [0.05, 0.1) is 13.5 Å². The molecule has 2 heterocycles. The fourth-order valence-electron chi connectivity index (χ4n) is 5.19. The maximum atomic E-state index is 13.0. The highest BCUT2D eigenvalue weighted by Gasteiger charge is 2.34. The maximum Gasteiger partial charge on any atom is 0.342 e. The summed E-state index contributed by atoms with van der Waals surface area (Å²) in [6.07, 6.45) is 2.28. The average molecular weight is 565 g/mol. The van der Waals surface area contributed by atoms with E-state index in [4.69, 9.17) is 19.3 Å². The van der Waals surface area contributed by atoms with E-state index in [0.29, 0.717) is 55.0 Å². The molecule has 2 aromatic carbocycles. The molecular formula is C31H36N2O8. The third kappa shape index (κ3) is 7.06. The predicted octanol–water partition coefficient (Wildman–Crippen LogP) is 4.06. The number of carboxylic acid groups (broad SMARTS) is 1. The lowest BCUT2D eigenvalue weighted by Gasteiger charge is -2.36. The Morgan fingerprint density at radius 1 is 1.00 bits per heavy atom. The number of allylic oxidation sites excluding steroid dienone is 2. The van der Waals surface area contributed by atoms with Gasteiger partial charge in [-0.25, -0.2) is 4.79 Å². The van der Waals surface area contributed by atoms with E-state index in [2.05, 4.69) is 4.90 Å². The Kier molecular flexibility index (Phi) is 9.65. The van der Waals surface area contributed by atoms with Gasteiger partial charge in [-0.15, -0.1) is 0 Å². The number of anilines is 1. The molecule has 41 heavy (non-hydrogen) atoms. The number of carboxylic acids is 1. The fourth-order valence-corrected chi connectivity index (χ4v) is 5.19. The van der Waals surface area contributed by atoms with Crippen LogP contribution in [0.3, 0.4) is 0 Å². The number of esters is 2. The first kappa shape index (κ1) is 29.6. The summed E-state index contributed by atoms with van der Waals surface area (Å²) in [7, 11) is 1.50. The second-order valence-electron chi connectivity index (χ2n) is 10.2. The van der Waals surface area contributed by atoms with E-state index in [1.807, 2.05) is 50.3 Å². The summed E-state index contributed by atoms with van der Waals surface area (Å²) >= 11 is 0. The summed E-state index contributed by atoms with van der Waals surface area (Å²) in [5.41, 5.74) is 3.94. The Morgan fingerprint density at radius 3 is 2.37 bits per heavy atom. The third-order valence-corrected chi connectivity index (χ3v) is 7.53. The number of methoxy groups -OCH3 is 1. The second-order valence-corrected chi connectivity index (χ2v) is 10.2. The summed E-state index contributed by atoms with van der Waals surface area (Å²) in [5, 5.41) is 8.99. The number of carbonyl (C=O) groups excluding carboxylic acids is 3. The number of carbonyl (C=O) groups is 4. The fraction of sp³-hybridized carbons (Fsp3) is 0.419. The van der Waals surface area contributed by atoms with E-state index < -0.39 is 17.9 Å². The third-order valence-electron chi connectivity index (χ3n) is 7.53. The van der Waals surface area contributed by atoms with Gasteiger partial charge in [0.1, 0.15) is 17.9 Å². The first-order chi connectivity index (χ1) is 19.7. The number of amides is 1. The van der Waals surface area contributed by atoms with Crippen molar-refractivity contribution < 1.29 is 38.5 Å². The zero-order chi connectivity index (χ0) is 29.5. The van der Waals surface area contributed by atoms with E-state index >= 15 is 0 Å². The highest BCUT2D eigenvalue weighted by molar-refractivity contribution is 5.99. The van der Waals surface area contributed by atoms with E-state index in [-0.39, 0.29) is 49.5 Å². The van der Waals surface area contributed by atoms with Gasteiger partial charge in [0.25, 0.3) is 0 Å². The van der Waals surface area contributed by atoms with Crippen LogP contribution < -0.4 is 14.4 Å². The molecule has 0 spiro atoms. The average Bonchev–Trinajstić information content (AvgIpc) is 3.37. The first-order valence-electron chi connectivity index (χ1n) is 13.7. The standard InChI is InChI=1S/C31H36N2O8/c1-20(10-13-26(35)36)9-11-23-29(39-3)21(2)24-19-40-31(38)28(24)30(23)41-27(37)14-12-25(34)33-17-15-32(16-18-33)22-7-5-4-6-8-22/h4-9H,10-19H2,1-3H3,(H,35,36)/b20-9+. The quantitative estimate of drug-likeness (QED) is 0.245. The van der Waals surface area contributed by atoms with Gasteiger partial charge in [-0.1, -0.05) is 29.8 Å². The van der Waals surface area contributed by atoms with Crippen molar-refractivity contribution in [2.45, 2.75) is 52.6 Å². The van der Waals surface area contributed by atoms with Gasteiger partial charge in [-0.3, -0.25) is 14.4 Å². The molecule has 0 atom stereocenters. The molecule has 0 radical (unpaired) electrons. The molecule has 1 N–H and O–H groups in total. The minimum Gasteiger partial charge on any atom is -0.496 e. The van der Waals surface area contributed by atoms with Crippen LogP contribution in [0.2, 0.25) is 0 Å². The van der Waals surface area contributed by atoms with Crippen LogP contribution in [0.1, 0.15) is 59.7 Å². The summed E-state index contributed by atoms with van der Waals surface area (Å²) in [4.78, 5) is 53.5. The lowest BCUT2D eigenvalue weighted by molar-refractivity contribution is -0.139. The number of para-hydroxylation sites is 1. The van der Waals surface area contributed by atoms with Crippen molar-refractivity contribution in [2.24, 2.45) is 0 Å². The number of hydrogen-bond donors (Lipinski definition) is 1. The van der Waals surface area contributed by atoms with Crippen LogP contribution in [0.5, 0.6) is 11.5 Å². The van der Waals surface area contributed by atoms with Gasteiger partial charge >= 0.3 is 17.9 Å². The van der Waals surface area contributed by atoms with E-state index in [9.17, 15) is 19.2 Å². The molecule has 10 nitrogen and oxygen atoms in total. The molecule has 0 unspecified atom stereocenters. The van der Waals surface area contributed by atoms with Crippen molar-refractivity contribution in [1.29, 1.82) is 0 Å². The summed E-state index contributed by atoms with van der Waals surface area (Å²) < 4.78 is 16.7. The normalized spacial score (nSPS) is 14.9. The van der Waals surface area contributed by atoms with Gasteiger partial charge in [-0.05, 0) is 44.4 Å². The Morgan fingerprint density at radius 2 is 1.71 bits per heavy atom. The van der Waals surface area contributed by atoms with Crippen molar-refractivity contribution in [3.05, 3.63) is 64.2 Å². The lowest BCUT2D eigenvalue weighted by atomic mass is 9.94. The molecule has 1 saturated heterocycles. The Labute approximate surface area is 239 Å². The molecule has 2 aliphatic heterocycles. The minimum atomic E-state index is -0.895. The van der Waals surface area contributed by atoms with Crippen LogP contribution in [-0.2, 0) is 32.1 Å². The Bertz CT molecular complexity index is 1340. The highest BCUT2D eigenvalue weighted by Crippen LogP contribution is 2.43. The number of nitrogens with zero attached hydrogens (tertiary/aromatic N) is 2. The highest BCUT2D eigenvalue weighted by atomic mass is 16.6. The van der Waals surface area contributed by atoms with Gasteiger partial charge in [0.2, 0.25) is 5.91 Å². The van der Waals surface area contributed by atoms with Crippen LogP contribution in [0.15, 0.2) is 42.0 Å². The second kappa shape index (κ2) is 13.3. The number of fused-ring (bicyclic) bond motifs is 1. The number of piperazine rings is 1. The van der Waals surface area contributed by atoms with Crippen LogP contribution in [0, 0.1) is 6.92 Å². The summed E-state index contributed by atoms with van der Waals surface area (Å²) in [6, 6.07) is 10.0. The van der Waals surface area contributed by atoms with Gasteiger partial charge in [0.15, 0.2) is 5.75 Å². The van der Waals surface area contributed by atoms with Crippen LogP contribution in [0.25, 0.3) is 0 Å². The summed E-state index contributed by atoms with van der Waals surface area (Å²) in [5.74, 6) is -1.71. The van der Waals surface area contributed by atoms with Crippen molar-refractivity contribution in [2.75, 3.05) is 38.2 Å².